The Morgan fingerprint density at radius 1 is 0.441 bits per heavy atom. The first-order chi connectivity index (χ1) is 16.9. The van der Waals surface area contributed by atoms with Crippen LogP contribution in [0.25, 0.3) is 11.1 Å². The molecule has 6 rings (SSSR count). The molecule has 0 atom stereocenters. The number of thioether (sulfide) groups is 8. The van der Waals surface area contributed by atoms with Gasteiger partial charge in [-0.3, -0.25) is 0 Å². The molecule has 4 heterocycles. The Hall–Kier alpha value is 0.200. The van der Waals surface area contributed by atoms with Crippen molar-refractivity contribution in [1.82, 2.24) is 0 Å². The first kappa shape index (κ1) is 24.5. The molecule has 0 aliphatic carbocycles. The Kier molecular flexibility index (Phi) is 8.45. The maximum absolute atomic E-state index is 2.29. The molecule has 4 aliphatic rings. The standard InChI is InChI=1S/C26H22S8/c1-3-9-17(10-4-1)19(21-31-23-24(32-21)28-14-7-13-27-23)20(18-11-5-2-6-12-18)22-33-25-26(34-22)30-16-8-15-29-25/h1-6,9-12H,7-8,13-16H2. The Labute approximate surface area is 236 Å². The molecule has 8 heteroatoms. The van der Waals surface area contributed by atoms with Crippen molar-refractivity contribution < 1.29 is 0 Å². The summed E-state index contributed by atoms with van der Waals surface area (Å²) in [5.41, 5.74) is 5.44. The van der Waals surface area contributed by atoms with Gasteiger partial charge in [-0.1, -0.05) is 108 Å². The second-order valence-corrected chi connectivity index (χ2v) is 17.8. The molecular weight excluding hydrogens is 569 g/mol. The summed E-state index contributed by atoms with van der Waals surface area (Å²) in [7, 11) is 0. The maximum Gasteiger partial charge on any atom is 0.0660 e. The molecule has 4 aliphatic heterocycles. The van der Waals surface area contributed by atoms with E-state index in [1.54, 1.807) is 0 Å². The Morgan fingerprint density at radius 2 is 0.765 bits per heavy atom. The van der Waals surface area contributed by atoms with Crippen molar-refractivity contribution >= 4 is 105 Å². The summed E-state index contributed by atoms with van der Waals surface area (Å²) >= 11 is 16.3. The van der Waals surface area contributed by atoms with Crippen LogP contribution in [-0.4, -0.2) is 23.0 Å². The molecule has 0 N–H and O–H groups in total. The second kappa shape index (κ2) is 11.7. The molecule has 2 aromatic carbocycles. The first-order valence-electron chi connectivity index (χ1n) is 11.2. The van der Waals surface area contributed by atoms with Gasteiger partial charge in [0.05, 0.1) is 25.4 Å². The molecule has 0 fully saturated rings. The van der Waals surface area contributed by atoms with E-state index >= 15 is 0 Å². The van der Waals surface area contributed by atoms with Crippen molar-refractivity contribution in [3.8, 4) is 0 Å². The van der Waals surface area contributed by atoms with Crippen molar-refractivity contribution in [3.05, 3.63) is 97.2 Å². The lowest BCUT2D eigenvalue weighted by molar-refractivity contribution is 1.13. The lowest BCUT2D eigenvalue weighted by atomic mass is 9.95. The summed E-state index contributed by atoms with van der Waals surface area (Å²) in [6, 6.07) is 22.2. The second-order valence-electron chi connectivity index (χ2n) is 7.72. The van der Waals surface area contributed by atoms with E-state index in [0.29, 0.717) is 0 Å². The minimum atomic E-state index is 1.23. The Bertz CT molecular complexity index is 1060. The van der Waals surface area contributed by atoms with E-state index in [4.69, 9.17) is 0 Å². The van der Waals surface area contributed by atoms with Gasteiger partial charge in [0.1, 0.15) is 0 Å². The molecule has 0 aromatic heterocycles. The van der Waals surface area contributed by atoms with Gasteiger partial charge in [-0.2, -0.15) is 0 Å². The SMILES string of the molecule is c1ccc(C(=C2SC3=C(SCCCS3)S2)C(=C2SC3=C(SCCCS3)S2)c2ccccc2)cc1. The topological polar surface area (TPSA) is 0 Å². The fraction of sp³-hybridized carbons (Fsp3) is 0.231. The molecule has 174 valence electrons. The van der Waals surface area contributed by atoms with Gasteiger partial charge >= 0.3 is 0 Å². The van der Waals surface area contributed by atoms with Gasteiger partial charge in [0.15, 0.2) is 0 Å². The third-order valence-corrected chi connectivity index (χ3v) is 16.8. The van der Waals surface area contributed by atoms with Crippen molar-refractivity contribution in [2.75, 3.05) is 23.0 Å². The first-order valence-corrected chi connectivity index (χ1v) is 18.4. The minimum absolute atomic E-state index is 1.23. The monoisotopic (exact) mass is 590 g/mol. The highest BCUT2D eigenvalue weighted by Gasteiger charge is 2.32. The molecular formula is C26H22S8. The zero-order valence-corrected chi connectivity index (χ0v) is 24.8. The number of hydrogen-bond donors (Lipinski definition) is 0. The third kappa shape index (κ3) is 5.40. The summed E-state index contributed by atoms with van der Waals surface area (Å²) in [6.45, 7) is 0. The quantitative estimate of drug-likeness (QED) is 0.342. The van der Waals surface area contributed by atoms with E-state index in [9.17, 15) is 0 Å². The van der Waals surface area contributed by atoms with Gasteiger partial charge in [-0.05, 0) is 47.0 Å². The molecule has 34 heavy (non-hydrogen) atoms. The molecule has 2 aromatic rings. The van der Waals surface area contributed by atoms with Crippen LogP contribution in [0.2, 0.25) is 0 Å². The molecule has 0 bridgehead atoms. The number of benzene rings is 2. The molecule has 0 nitrogen and oxygen atoms in total. The number of hydrogen-bond acceptors (Lipinski definition) is 8. The van der Waals surface area contributed by atoms with Gasteiger partial charge < -0.3 is 0 Å². The minimum Gasteiger partial charge on any atom is -0.117 e. The van der Waals surface area contributed by atoms with Gasteiger partial charge in [0, 0.05) is 11.1 Å². The van der Waals surface area contributed by atoms with Crippen molar-refractivity contribution in [1.29, 1.82) is 0 Å². The zero-order valence-electron chi connectivity index (χ0n) is 18.3. The summed E-state index contributed by atoms with van der Waals surface area (Å²) in [4.78, 5) is 0. The van der Waals surface area contributed by atoms with E-state index in [2.05, 4.69) is 108 Å². The van der Waals surface area contributed by atoms with Crippen LogP contribution < -0.4 is 0 Å². The Balaban J connectivity index is 1.50. The fourth-order valence-corrected chi connectivity index (χ4v) is 16.2. The highest BCUT2D eigenvalue weighted by Crippen LogP contribution is 2.65. The molecule has 0 spiro atoms. The van der Waals surface area contributed by atoms with Crippen LogP contribution in [0.3, 0.4) is 0 Å². The zero-order chi connectivity index (χ0) is 22.7. The number of rotatable bonds is 3. The van der Waals surface area contributed by atoms with Crippen LogP contribution in [0, 0.1) is 0 Å². The van der Waals surface area contributed by atoms with Crippen molar-refractivity contribution in [2.24, 2.45) is 0 Å². The largest absolute Gasteiger partial charge is 0.117 e. The van der Waals surface area contributed by atoms with Gasteiger partial charge in [0.25, 0.3) is 0 Å². The highest BCUT2D eigenvalue weighted by atomic mass is 32.3. The van der Waals surface area contributed by atoms with E-state index in [-0.39, 0.29) is 0 Å². The normalized spacial score (nSPS) is 20.7. The van der Waals surface area contributed by atoms with E-state index in [0.717, 1.165) is 0 Å². The van der Waals surface area contributed by atoms with Gasteiger partial charge in [-0.25, -0.2) is 0 Å². The average Bonchev–Trinajstić information content (AvgIpc) is 3.30. The van der Waals surface area contributed by atoms with E-state index in [1.807, 2.05) is 47.0 Å². The lowest BCUT2D eigenvalue weighted by Gasteiger charge is -2.19. The summed E-state index contributed by atoms with van der Waals surface area (Å²) in [5.74, 6) is 4.93. The highest BCUT2D eigenvalue weighted by molar-refractivity contribution is 8.41. The average molecular weight is 591 g/mol. The smallest absolute Gasteiger partial charge is 0.0660 e. The molecule has 0 radical (unpaired) electrons. The van der Waals surface area contributed by atoms with Gasteiger partial charge in [0.2, 0.25) is 0 Å². The van der Waals surface area contributed by atoms with Crippen LogP contribution >= 0.6 is 94.1 Å². The third-order valence-electron chi connectivity index (χ3n) is 5.37. The lowest BCUT2D eigenvalue weighted by Crippen LogP contribution is -1.95. The van der Waals surface area contributed by atoms with E-state index < -0.39 is 0 Å². The summed E-state index contributed by atoms with van der Waals surface area (Å²) in [5, 5.41) is 0. The predicted molar refractivity (Wildman–Crippen MR) is 170 cm³/mol. The summed E-state index contributed by atoms with van der Waals surface area (Å²) in [6.07, 6.45) is 2.60. The Morgan fingerprint density at radius 3 is 1.09 bits per heavy atom. The number of allylic oxidation sites excluding steroid dienone is 2. The van der Waals surface area contributed by atoms with Crippen LogP contribution in [0.5, 0.6) is 0 Å². The van der Waals surface area contributed by atoms with Crippen LogP contribution in [0.4, 0.5) is 0 Å². The van der Waals surface area contributed by atoms with Gasteiger partial charge in [-0.15, -0.1) is 47.0 Å². The van der Waals surface area contributed by atoms with Crippen molar-refractivity contribution in [3.63, 3.8) is 0 Å². The van der Waals surface area contributed by atoms with Crippen LogP contribution in [0.1, 0.15) is 24.0 Å². The summed E-state index contributed by atoms with van der Waals surface area (Å²) < 4.78 is 8.93. The maximum atomic E-state index is 2.29. The predicted octanol–water partition coefficient (Wildman–Crippen LogP) is 10.7. The van der Waals surface area contributed by atoms with Crippen LogP contribution in [0.15, 0.2) is 86.1 Å². The molecule has 0 saturated carbocycles. The van der Waals surface area contributed by atoms with E-state index in [1.165, 1.54) is 83.5 Å². The van der Waals surface area contributed by atoms with Crippen molar-refractivity contribution in [2.45, 2.75) is 12.8 Å². The molecule has 0 amide bonds. The molecule has 0 saturated heterocycles. The fourth-order valence-electron chi connectivity index (χ4n) is 3.82. The molecule has 0 unspecified atom stereocenters. The van der Waals surface area contributed by atoms with Crippen LogP contribution in [-0.2, 0) is 0 Å².